The van der Waals surface area contributed by atoms with Gasteiger partial charge >= 0.3 is 6.03 Å². The van der Waals surface area contributed by atoms with Gasteiger partial charge in [-0.25, -0.2) is 9.78 Å². The van der Waals surface area contributed by atoms with Gasteiger partial charge in [0.15, 0.2) is 5.13 Å². The summed E-state index contributed by atoms with van der Waals surface area (Å²) in [5.74, 6) is 0. The van der Waals surface area contributed by atoms with Crippen molar-refractivity contribution in [3.8, 4) is 0 Å². The second-order valence-electron chi connectivity index (χ2n) is 6.16. The highest BCUT2D eigenvalue weighted by atomic mass is 32.2. The molecule has 1 aromatic carbocycles. The number of aromatic nitrogens is 1. The van der Waals surface area contributed by atoms with Crippen molar-refractivity contribution in [2.45, 2.75) is 19.9 Å². The van der Waals surface area contributed by atoms with Gasteiger partial charge in [0.1, 0.15) is 0 Å². The molecule has 0 saturated carbocycles. The summed E-state index contributed by atoms with van der Waals surface area (Å²) in [7, 11) is -0.427. The number of nitrogens with one attached hydrogen (secondary N) is 2. The van der Waals surface area contributed by atoms with Crippen LogP contribution in [0.3, 0.4) is 0 Å². The number of rotatable bonds is 4. The minimum atomic E-state index is -3.46. The van der Waals surface area contributed by atoms with Gasteiger partial charge in [-0.05, 0) is 18.6 Å². The molecule has 1 aliphatic heterocycles. The lowest BCUT2D eigenvalue weighted by atomic mass is 10.2. The molecule has 0 atom stereocenters. The van der Waals surface area contributed by atoms with Crippen LogP contribution in [0.25, 0.3) is 0 Å². The van der Waals surface area contributed by atoms with E-state index in [-0.39, 0.29) is 12.6 Å². The number of benzene rings is 1. The third-order valence-corrected chi connectivity index (χ3v) is 6.98. The summed E-state index contributed by atoms with van der Waals surface area (Å²) >= 11 is 1.30. The highest BCUT2D eigenvalue weighted by molar-refractivity contribution is 7.86. The average molecular weight is 396 g/mol. The van der Waals surface area contributed by atoms with Crippen LogP contribution in [0.2, 0.25) is 0 Å². The first-order valence-corrected chi connectivity index (χ1v) is 10.3. The smallest absolute Gasteiger partial charge is 0.307 e. The molecular formula is C16H21N5O3S2. The van der Waals surface area contributed by atoms with Crippen molar-refractivity contribution in [1.82, 2.24) is 13.6 Å². The summed E-state index contributed by atoms with van der Waals surface area (Å²) in [6.45, 7) is 2.57. The van der Waals surface area contributed by atoms with Crippen molar-refractivity contribution in [1.29, 1.82) is 0 Å². The molecule has 2 amide bonds. The van der Waals surface area contributed by atoms with Crippen molar-refractivity contribution < 1.29 is 13.2 Å². The van der Waals surface area contributed by atoms with Gasteiger partial charge in [-0.2, -0.15) is 17.0 Å². The lowest BCUT2D eigenvalue weighted by Gasteiger charge is -2.27. The van der Waals surface area contributed by atoms with E-state index in [0.717, 1.165) is 21.8 Å². The SMILES string of the molecule is Cc1ccccc1NC(=O)Nc1nc2c(s1)CN(S(=O)(=O)N(C)C)CC2. The zero-order chi connectivity index (χ0) is 18.9. The Balaban J connectivity index is 1.69. The number of anilines is 2. The number of hydrogen-bond donors (Lipinski definition) is 2. The molecule has 0 spiro atoms. The number of urea groups is 1. The van der Waals surface area contributed by atoms with Gasteiger partial charge in [-0.1, -0.05) is 29.5 Å². The first kappa shape index (κ1) is 18.8. The molecule has 8 nitrogen and oxygen atoms in total. The number of fused-ring (bicyclic) bond motifs is 1. The summed E-state index contributed by atoms with van der Waals surface area (Å²) in [6, 6.07) is 7.12. The summed E-state index contributed by atoms with van der Waals surface area (Å²) in [5.41, 5.74) is 2.53. The zero-order valence-corrected chi connectivity index (χ0v) is 16.4. The maximum Gasteiger partial charge on any atom is 0.325 e. The molecule has 0 saturated heterocycles. The summed E-state index contributed by atoms with van der Waals surface area (Å²) in [6.07, 6.45) is 0.528. The molecule has 26 heavy (non-hydrogen) atoms. The van der Waals surface area contributed by atoms with Crippen LogP contribution in [0.15, 0.2) is 24.3 Å². The van der Waals surface area contributed by atoms with Crippen LogP contribution >= 0.6 is 11.3 Å². The molecule has 0 radical (unpaired) electrons. The fourth-order valence-corrected chi connectivity index (χ4v) is 4.79. The normalized spacial score (nSPS) is 14.9. The standard InChI is InChI=1S/C16H21N5O3S2/c1-11-6-4-5-7-12(11)17-15(22)19-16-18-13-8-9-21(10-14(13)25-16)26(23,24)20(2)3/h4-7H,8-10H2,1-3H3,(H2,17,18,19,22). The molecular weight excluding hydrogens is 374 g/mol. The fourth-order valence-electron chi connectivity index (χ4n) is 2.62. The number of carbonyl (C=O) groups is 1. The molecule has 10 heteroatoms. The van der Waals surface area contributed by atoms with Gasteiger partial charge in [-0.15, -0.1) is 0 Å². The van der Waals surface area contributed by atoms with Gasteiger partial charge < -0.3 is 5.32 Å². The maximum absolute atomic E-state index is 12.3. The highest BCUT2D eigenvalue weighted by Crippen LogP contribution is 2.30. The van der Waals surface area contributed by atoms with Crippen LogP contribution in [-0.2, 0) is 23.2 Å². The molecule has 2 N–H and O–H groups in total. The van der Waals surface area contributed by atoms with E-state index >= 15 is 0 Å². The largest absolute Gasteiger partial charge is 0.325 e. The topological polar surface area (TPSA) is 94.6 Å². The molecule has 0 fully saturated rings. The van der Waals surface area contributed by atoms with Gasteiger partial charge in [-0.3, -0.25) is 5.32 Å². The van der Waals surface area contributed by atoms with Crippen molar-refractivity contribution in [3.63, 3.8) is 0 Å². The first-order valence-electron chi connectivity index (χ1n) is 8.07. The Kier molecular flexibility index (Phi) is 5.28. The molecule has 1 aromatic heterocycles. The Bertz CT molecular complexity index is 924. The Morgan fingerprint density at radius 2 is 2.00 bits per heavy atom. The third-order valence-electron chi connectivity index (χ3n) is 4.10. The second kappa shape index (κ2) is 7.31. The summed E-state index contributed by atoms with van der Waals surface area (Å²) in [4.78, 5) is 17.5. The molecule has 2 heterocycles. The monoisotopic (exact) mass is 395 g/mol. The van der Waals surface area contributed by atoms with E-state index in [2.05, 4.69) is 15.6 Å². The van der Waals surface area contributed by atoms with E-state index in [9.17, 15) is 13.2 Å². The van der Waals surface area contributed by atoms with E-state index in [1.807, 2.05) is 31.2 Å². The van der Waals surface area contributed by atoms with Crippen LogP contribution in [0.4, 0.5) is 15.6 Å². The molecule has 1 aliphatic rings. The Morgan fingerprint density at radius 1 is 1.27 bits per heavy atom. The molecule has 3 rings (SSSR count). The van der Waals surface area contributed by atoms with Crippen LogP contribution < -0.4 is 10.6 Å². The molecule has 0 unspecified atom stereocenters. The number of nitrogens with zero attached hydrogens (tertiary/aromatic N) is 3. The number of aryl methyl sites for hydroxylation is 1. The molecule has 2 aromatic rings. The molecule has 0 aliphatic carbocycles. The average Bonchev–Trinajstić information content (AvgIpc) is 2.97. The minimum Gasteiger partial charge on any atom is -0.307 e. The van der Waals surface area contributed by atoms with Gasteiger partial charge in [0, 0.05) is 37.6 Å². The number of para-hydroxylation sites is 1. The van der Waals surface area contributed by atoms with Crippen LogP contribution in [0.1, 0.15) is 16.1 Å². The van der Waals surface area contributed by atoms with E-state index in [1.165, 1.54) is 34.0 Å². The molecule has 140 valence electrons. The predicted octanol–water partition coefficient (Wildman–Crippen LogP) is 2.26. The number of carbonyl (C=O) groups excluding carboxylic acids is 1. The Morgan fingerprint density at radius 3 is 2.69 bits per heavy atom. The Labute approximate surface area is 157 Å². The number of thiazole rings is 1. The van der Waals surface area contributed by atoms with Gasteiger partial charge in [0.25, 0.3) is 10.2 Å². The van der Waals surface area contributed by atoms with Crippen LogP contribution in [-0.4, -0.2) is 48.7 Å². The van der Waals surface area contributed by atoms with Crippen LogP contribution in [0, 0.1) is 6.92 Å². The van der Waals surface area contributed by atoms with Crippen molar-refractivity contribution >= 4 is 38.4 Å². The van der Waals surface area contributed by atoms with E-state index < -0.39 is 10.2 Å². The third kappa shape index (κ3) is 3.88. The molecule has 0 bridgehead atoms. The second-order valence-corrected chi connectivity index (χ2v) is 9.38. The fraction of sp³-hybridized carbons (Fsp3) is 0.375. The number of amides is 2. The number of hydrogen-bond acceptors (Lipinski definition) is 5. The van der Waals surface area contributed by atoms with Crippen molar-refractivity contribution in [2.75, 3.05) is 31.3 Å². The van der Waals surface area contributed by atoms with Gasteiger partial charge in [0.05, 0.1) is 12.2 Å². The maximum atomic E-state index is 12.3. The van der Waals surface area contributed by atoms with Crippen molar-refractivity contribution in [2.24, 2.45) is 0 Å². The Hall–Kier alpha value is -2.01. The summed E-state index contributed by atoms with van der Waals surface area (Å²) < 4.78 is 27.2. The van der Waals surface area contributed by atoms with Gasteiger partial charge in [0.2, 0.25) is 0 Å². The minimum absolute atomic E-state index is 0.272. The summed E-state index contributed by atoms with van der Waals surface area (Å²) in [5, 5.41) is 5.98. The lowest BCUT2D eigenvalue weighted by molar-refractivity contribution is 0.262. The first-order chi connectivity index (χ1) is 12.3. The zero-order valence-electron chi connectivity index (χ0n) is 14.8. The lowest BCUT2D eigenvalue weighted by Crippen LogP contribution is -2.42. The quantitative estimate of drug-likeness (QED) is 0.830. The van der Waals surface area contributed by atoms with E-state index in [0.29, 0.717) is 18.1 Å². The van der Waals surface area contributed by atoms with E-state index in [1.54, 1.807) is 0 Å². The highest BCUT2D eigenvalue weighted by Gasteiger charge is 2.30. The van der Waals surface area contributed by atoms with Crippen molar-refractivity contribution in [3.05, 3.63) is 40.4 Å². The van der Waals surface area contributed by atoms with Crippen LogP contribution in [0.5, 0.6) is 0 Å². The predicted molar refractivity (Wildman–Crippen MR) is 103 cm³/mol. The van der Waals surface area contributed by atoms with E-state index in [4.69, 9.17) is 0 Å².